The first kappa shape index (κ1) is 14.6. The first-order valence-corrected chi connectivity index (χ1v) is 7.17. The predicted molar refractivity (Wildman–Crippen MR) is 67.7 cm³/mol. The third-order valence-corrected chi connectivity index (χ3v) is 4.71. The van der Waals surface area contributed by atoms with Crippen molar-refractivity contribution >= 4 is 32.5 Å². The first-order chi connectivity index (χ1) is 8.36. The minimum Gasteiger partial charge on any atom is -0.302 e. The van der Waals surface area contributed by atoms with Gasteiger partial charge in [-0.05, 0) is 6.92 Å². The van der Waals surface area contributed by atoms with Crippen LogP contribution in [0.3, 0.4) is 0 Å². The van der Waals surface area contributed by atoms with E-state index in [1.54, 1.807) is 0 Å². The lowest BCUT2D eigenvalue weighted by Gasteiger charge is -2.01. The molecule has 1 N–H and O–H groups in total. The minimum absolute atomic E-state index is 0.0247. The van der Waals surface area contributed by atoms with Crippen molar-refractivity contribution in [1.29, 1.82) is 0 Å². The maximum Gasteiger partial charge on any atom is 0.308 e. The summed E-state index contributed by atoms with van der Waals surface area (Å²) >= 11 is 0.845. The summed E-state index contributed by atoms with van der Waals surface area (Å²) in [7, 11) is -3.87. The van der Waals surface area contributed by atoms with E-state index in [0.29, 0.717) is 0 Å². The molecule has 0 saturated heterocycles. The van der Waals surface area contributed by atoms with Crippen molar-refractivity contribution in [2.45, 2.75) is 24.5 Å². The maximum absolute atomic E-state index is 11.8. The SMILES string of the molecule is C#CCCOS(=O)(=O)c1sc(NC(C)=O)nc1C. The number of hydrogen-bond acceptors (Lipinski definition) is 6. The molecule has 0 aliphatic rings. The second-order valence-corrected chi connectivity index (χ2v) is 6.11. The molecule has 0 radical (unpaired) electrons. The molecule has 0 aliphatic carbocycles. The van der Waals surface area contributed by atoms with E-state index in [0.717, 1.165) is 11.3 Å². The second kappa shape index (κ2) is 5.95. The molecular formula is C10H12N2O4S2. The number of carbonyl (C=O) groups excluding carboxylic acids is 1. The number of rotatable bonds is 5. The normalized spacial score (nSPS) is 10.9. The van der Waals surface area contributed by atoms with Gasteiger partial charge < -0.3 is 5.32 Å². The smallest absolute Gasteiger partial charge is 0.302 e. The molecule has 98 valence electrons. The lowest BCUT2D eigenvalue weighted by Crippen LogP contribution is -2.07. The first-order valence-electron chi connectivity index (χ1n) is 4.94. The standard InChI is InChI=1S/C10H12N2O4S2/c1-4-5-6-16-18(14,15)9-7(2)11-10(17-9)12-8(3)13/h1H,5-6H2,2-3H3,(H,11,12,13). The van der Waals surface area contributed by atoms with Crippen LogP contribution in [0.1, 0.15) is 19.0 Å². The molecule has 0 aromatic carbocycles. The van der Waals surface area contributed by atoms with Crippen LogP contribution < -0.4 is 5.32 Å². The van der Waals surface area contributed by atoms with Crippen molar-refractivity contribution < 1.29 is 17.4 Å². The molecule has 0 aliphatic heterocycles. The molecule has 0 atom stereocenters. The number of hydrogen-bond donors (Lipinski definition) is 1. The zero-order chi connectivity index (χ0) is 13.8. The lowest BCUT2D eigenvalue weighted by molar-refractivity contribution is -0.114. The van der Waals surface area contributed by atoms with Gasteiger partial charge in [0.05, 0.1) is 12.3 Å². The Kier molecular flexibility index (Phi) is 4.84. The number of aryl methyl sites for hydroxylation is 1. The predicted octanol–water partition coefficient (Wildman–Crippen LogP) is 1.14. The number of terminal acetylenes is 1. The molecule has 1 rings (SSSR count). The second-order valence-electron chi connectivity index (χ2n) is 3.30. The Morgan fingerprint density at radius 2 is 2.28 bits per heavy atom. The summed E-state index contributed by atoms with van der Waals surface area (Å²) < 4.78 is 28.3. The van der Waals surface area contributed by atoms with Crippen molar-refractivity contribution in [3.8, 4) is 12.3 Å². The van der Waals surface area contributed by atoms with Crippen LogP contribution in [-0.2, 0) is 19.1 Å². The summed E-state index contributed by atoms with van der Waals surface area (Å²) in [6.45, 7) is 2.76. The van der Waals surface area contributed by atoms with Gasteiger partial charge in [0, 0.05) is 13.3 Å². The van der Waals surface area contributed by atoms with Crippen LogP contribution in [0, 0.1) is 19.3 Å². The molecule has 0 unspecified atom stereocenters. The number of nitrogens with zero attached hydrogens (tertiary/aromatic N) is 1. The quantitative estimate of drug-likeness (QED) is 0.499. The van der Waals surface area contributed by atoms with Crippen molar-refractivity contribution in [2.24, 2.45) is 0 Å². The molecule has 6 nitrogen and oxygen atoms in total. The summed E-state index contributed by atoms with van der Waals surface area (Å²) in [5.74, 6) is 1.96. The van der Waals surface area contributed by atoms with Gasteiger partial charge in [-0.15, -0.1) is 12.3 Å². The van der Waals surface area contributed by atoms with E-state index < -0.39 is 10.1 Å². The highest BCUT2D eigenvalue weighted by molar-refractivity contribution is 7.89. The van der Waals surface area contributed by atoms with Crippen LogP contribution in [0.15, 0.2) is 4.21 Å². The zero-order valence-electron chi connectivity index (χ0n) is 9.89. The zero-order valence-corrected chi connectivity index (χ0v) is 11.5. The monoisotopic (exact) mass is 288 g/mol. The van der Waals surface area contributed by atoms with E-state index in [1.807, 2.05) is 0 Å². The lowest BCUT2D eigenvalue weighted by atomic mass is 10.5. The highest BCUT2D eigenvalue weighted by Crippen LogP contribution is 2.28. The molecule has 0 saturated carbocycles. The van der Waals surface area contributed by atoms with Crippen molar-refractivity contribution in [3.05, 3.63) is 5.69 Å². The Bertz CT molecular complexity index is 584. The van der Waals surface area contributed by atoms with Crippen molar-refractivity contribution in [3.63, 3.8) is 0 Å². The fourth-order valence-electron chi connectivity index (χ4n) is 1.08. The number of carbonyl (C=O) groups is 1. The van der Waals surface area contributed by atoms with Gasteiger partial charge in [0.25, 0.3) is 0 Å². The number of amides is 1. The summed E-state index contributed by atoms with van der Waals surface area (Å²) in [6.07, 6.45) is 5.21. The van der Waals surface area contributed by atoms with Gasteiger partial charge in [0.2, 0.25) is 5.91 Å². The molecule has 1 aromatic rings. The van der Waals surface area contributed by atoms with Crippen LogP contribution in [0.4, 0.5) is 5.13 Å². The molecule has 1 amide bonds. The van der Waals surface area contributed by atoms with Crippen molar-refractivity contribution in [2.75, 3.05) is 11.9 Å². The van der Waals surface area contributed by atoms with Gasteiger partial charge in [-0.3, -0.25) is 8.98 Å². The summed E-state index contributed by atoms with van der Waals surface area (Å²) in [6, 6.07) is 0. The fourth-order valence-corrected chi connectivity index (χ4v) is 3.44. The molecule has 0 spiro atoms. The molecular weight excluding hydrogens is 276 g/mol. The van der Waals surface area contributed by atoms with E-state index in [1.165, 1.54) is 13.8 Å². The van der Waals surface area contributed by atoms with Crippen LogP contribution in [0.25, 0.3) is 0 Å². The Morgan fingerprint density at radius 1 is 1.61 bits per heavy atom. The van der Waals surface area contributed by atoms with Crippen LogP contribution in [0.5, 0.6) is 0 Å². The van der Waals surface area contributed by atoms with Gasteiger partial charge in [-0.25, -0.2) is 4.98 Å². The van der Waals surface area contributed by atoms with Gasteiger partial charge in [-0.1, -0.05) is 11.3 Å². The molecule has 1 heterocycles. The van der Waals surface area contributed by atoms with E-state index in [4.69, 9.17) is 10.6 Å². The third-order valence-electron chi connectivity index (χ3n) is 1.75. The van der Waals surface area contributed by atoms with Crippen LogP contribution in [0.2, 0.25) is 0 Å². The summed E-state index contributed by atoms with van der Waals surface area (Å²) in [5.41, 5.74) is 0.282. The van der Waals surface area contributed by atoms with Crippen molar-refractivity contribution in [1.82, 2.24) is 4.98 Å². The highest BCUT2D eigenvalue weighted by Gasteiger charge is 2.23. The number of anilines is 1. The Labute approximate surface area is 110 Å². The average Bonchev–Trinajstić information content (AvgIpc) is 2.59. The highest BCUT2D eigenvalue weighted by atomic mass is 32.3. The number of thiazole rings is 1. The average molecular weight is 288 g/mol. The number of nitrogens with one attached hydrogen (secondary N) is 1. The van der Waals surface area contributed by atoms with Gasteiger partial charge in [0.1, 0.15) is 0 Å². The maximum atomic E-state index is 11.8. The summed E-state index contributed by atoms with van der Waals surface area (Å²) in [5, 5.41) is 2.64. The molecule has 18 heavy (non-hydrogen) atoms. The third kappa shape index (κ3) is 3.80. The Hall–Kier alpha value is -1.43. The van der Waals surface area contributed by atoms with E-state index in [9.17, 15) is 13.2 Å². The van der Waals surface area contributed by atoms with Crippen LogP contribution >= 0.6 is 11.3 Å². The molecule has 0 bridgehead atoms. The van der Waals surface area contributed by atoms with E-state index in [-0.39, 0.29) is 34.0 Å². The Morgan fingerprint density at radius 3 is 2.83 bits per heavy atom. The van der Waals surface area contributed by atoms with Gasteiger partial charge in [-0.2, -0.15) is 8.42 Å². The van der Waals surface area contributed by atoms with E-state index >= 15 is 0 Å². The Balaban J connectivity index is 2.92. The molecule has 1 aromatic heterocycles. The molecule has 0 fully saturated rings. The van der Waals surface area contributed by atoms with Gasteiger partial charge >= 0.3 is 10.1 Å². The molecule has 8 heteroatoms. The fraction of sp³-hybridized carbons (Fsp3) is 0.400. The van der Waals surface area contributed by atoms with Crippen LogP contribution in [-0.4, -0.2) is 25.9 Å². The van der Waals surface area contributed by atoms with Gasteiger partial charge in [0.15, 0.2) is 9.34 Å². The topological polar surface area (TPSA) is 85.4 Å². The largest absolute Gasteiger partial charge is 0.308 e. The van der Waals surface area contributed by atoms with E-state index in [2.05, 4.69) is 16.2 Å². The minimum atomic E-state index is -3.87. The summed E-state index contributed by atoms with van der Waals surface area (Å²) in [4.78, 5) is 14.8. The number of aromatic nitrogens is 1.